The molecule has 0 spiro atoms. The molecule has 9 aromatic carbocycles. The lowest BCUT2D eigenvalue weighted by atomic mass is 10.0. The molecular formula is C62H38N6O. The smallest absolute Gasteiger partial charge is 0.164 e. The van der Waals surface area contributed by atoms with E-state index in [0.717, 1.165) is 94.5 Å². The molecule has 322 valence electrons. The van der Waals surface area contributed by atoms with Gasteiger partial charge in [-0.3, -0.25) is 4.98 Å². The van der Waals surface area contributed by atoms with Crippen molar-refractivity contribution in [2.24, 2.45) is 0 Å². The topological polar surface area (TPSA) is 74.6 Å². The van der Waals surface area contributed by atoms with Crippen LogP contribution in [0.15, 0.2) is 235 Å². The highest BCUT2D eigenvalue weighted by atomic mass is 16.3. The SMILES string of the molecule is c1ccc(-c2nc(-c3ccccc3)nc(-c3cccc(-n4c5ccccc5c5cc(-c6ccc7c(c6)c6ccccc6n7-c6ccc(-c7cc8c(cn7)oc7ccccc78)cc6)ccc54)c3)n2)cc1. The summed E-state index contributed by atoms with van der Waals surface area (Å²) in [5, 5.41) is 6.95. The monoisotopic (exact) mass is 882 g/mol. The number of hydrogen-bond acceptors (Lipinski definition) is 5. The summed E-state index contributed by atoms with van der Waals surface area (Å²) in [7, 11) is 0. The third kappa shape index (κ3) is 6.43. The van der Waals surface area contributed by atoms with Gasteiger partial charge in [0.2, 0.25) is 0 Å². The minimum absolute atomic E-state index is 0.621. The maximum absolute atomic E-state index is 6.05. The van der Waals surface area contributed by atoms with Crippen LogP contribution in [0.3, 0.4) is 0 Å². The molecule has 14 aromatic rings. The second-order valence-corrected chi connectivity index (χ2v) is 17.5. The Hall–Kier alpha value is -9.46. The van der Waals surface area contributed by atoms with Crippen LogP contribution in [0.4, 0.5) is 0 Å². The molecule has 69 heavy (non-hydrogen) atoms. The number of fused-ring (bicyclic) bond motifs is 9. The van der Waals surface area contributed by atoms with E-state index in [2.05, 4.69) is 155 Å². The second-order valence-electron chi connectivity index (χ2n) is 17.5. The molecule has 0 atom stereocenters. The normalized spacial score (nSPS) is 11.8. The van der Waals surface area contributed by atoms with Crippen LogP contribution in [0.1, 0.15) is 0 Å². The summed E-state index contributed by atoms with van der Waals surface area (Å²) in [6.45, 7) is 0. The highest BCUT2D eigenvalue weighted by molar-refractivity contribution is 6.13. The van der Waals surface area contributed by atoms with Crippen LogP contribution in [-0.2, 0) is 0 Å². The van der Waals surface area contributed by atoms with E-state index >= 15 is 0 Å². The van der Waals surface area contributed by atoms with Gasteiger partial charge in [-0.05, 0) is 83.9 Å². The Kier molecular flexibility index (Phi) is 8.75. The molecule has 5 heterocycles. The van der Waals surface area contributed by atoms with E-state index < -0.39 is 0 Å². The maximum atomic E-state index is 6.05. The van der Waals surface area contributed by atoms with Gasteiger partial charge in [0, 0.05) is 65.9 Å². The lowest BCUT2D eigenvalue weighted by molar-refractivity contribution is 0.667. The number of para-hydroxylation sites is 3. The van der Waals surface area contributed by atoms with Crippen molar-refractivity contribution in [1.82, 2.24) is 29.1 Å². The first-order valence-electron chi connectivity index (χ1n) is 23.1. The zero-order valence-electron chi connectivity index (χ0n) is 37.0. The lowest BCUT2D eigenvalue weighted by Crippen LogP contribution is -2.01. The van der Waals surface area contributed by atoms with E-state index in [0.29, 0.717) is 17.5 Å². The molecule has 0 aliphatic rings. The van der Waals surface area contributed by atoms with Gasteiger partial charge in [0.05, 0.1) is 34.0 Å². The third-order valence-corrected chi connectivity index (χ3v) is 13.4. The summed E-state index contributed by atoms with van der Waals surface area (Å²) in [5.41, 5.74) is 15.4. The number of pyridine rings is 1. The molecule has 0 aliphatic heterocycles. The van der Waals surface area contributed by atoms with Gasteiger partial charge < -0.3 is 13.6 Å². The van der Waals surface area contributed by atoms with Gasteiger partial charge in [-0.15, -0.1) is 0 Å². The van der Waals surface area contributed by atoms with Crippen molar-refractivity contribution in [2.45, 2.75) is 0 Å². The molecule has 7 nitrogen and oxygen atoms in total. The van der Waals surface area contributed by atoms with Crippen LogP contribution in [-0.4, -0.2) is 29.1 Å². The second kappa shape index (κ2) is 15.6. The first-order valence-corrected chi connectivity index (χ1v) is 23.1. The van der Waals surface area contributed by atoms with Gasteiger partial charge in [-0.2, -0.15) is 0 Å². The fourth-order valence-corrected chi connectivity index (χ4v) is 10.2. The van der Waals surface area contributed by atoms with E-state index in [4.69, 9.17) is 24.4 Å². The van der Waals surface area contributed by atoms with Crippen molar-refractivity contribution in [3.8, 4) is 67.9 Å². The summed E-state index contributed by atoms with van der Waals surface area (Å²) in [4.78, 5) is 19.8. The van der Waals surface area contributed by atoms with E-state index in [1.807, 2.05) is 85.1 Å². The van der Waals surface area contributed by atoms with Crippen LogP contribution < -0.4 is 0 Å². The molecule has 14 rings (SSSR count). The Morgan fingerprint density at radius 2 is 0.783 bits per heavy atom. The third-order valence-electron chi connectivity index (χ3n) is 13.4. The number of hydrogen-bond donors (Lipinski definition) is 0. The van der Waals surface area contributed by atoms with Crippen molar-refractivity contribution in [3.05, 3.63) is 231 Å². The molecule has 7 heteroatoms. The van der Waals surface area contributed by atoms with Crippen LogP contribution in [0, 0.1) is 0 Å². The Balaban J connectivity index is 0.843. The van der Waals surface area contributed by atoms with Crippen LogP contribution in [0.5, 0.6) is 0 Å². The Bertz CT molecular complexity index is 4240. The fourth-order valence-electron chi connectivity index (χ4n) is 10.2. The van der Waals surface area contributed by atoms with E-state index in [9.17, 15) is 0 Å². The summed E-state index contributed by atoms with van der Waals surface area (Å²) in [5.74, 6) is 1.90. The van der Waals surface area contributed by atoms with Gasteiger partial charge >= 0.3 is 0 Å². The number of nitrogens with zero attached hydrogens (tertiary/aromatic N) is 6. The van der Waals surface area contributed by atoms with Crippen molar-refractivity contribution < 1.29 is 4.42 Å². The van der Waals surface area contributed by atoms with Crippen LogP contribution in [0.2, 0.25) is 0 Å². The summed E-state index contributed by atoms with van der Waals surface area (Å²) in [6, 6.07) is 78.8. The van der Waals surface area contributed by atoms with Crippen molar-refractivity contribution >= 4 is 65.6 Å². The quantitative estimate of drug-likeness (QED) is 0.159. The van der Waals surface area contributed by atoms with Crippen molar-refractivity contribution in [2.75, 3.05) is 0 Å². The van der Waals surface area contributed by atoms with E-state index in [1.54, 1.807) is 0 Å². The minimum atomic E-state index is 0.621. The Morgan fingerprint density at radius 3 is 1.41 bits per heavy atom. The molecule has 0 saturated carbocycles. The molecular weight excluding hydrogens is 845 g/mol. The molecule has 5 aromatic heterocycles. The molecule has 0 aliphatic carbocycles. The average molecular weight is 883 g/mol. The Morgan fingerprint density at radius 1 is 0.290 bits per heavy atom. The zero-order chi connectivity index (χ0) is 45.4. The van der Waals surface area contributed by atoms with E-state index in [-0.39, 0.29) is 0 Å². The van der Waals surface area contributed by atoms with Gasteiger partial charge in [-0.1, -0.05) is 152 Å². The van der Waals surface area contributed by atoms with E-state index in [1.165, 1.54) is 21.5 Å². The summed E-state index contributed by atoms with van der Waals surface area (Å²) >= 11 is 0. The predicted molar refractivity (Wildman–Crippen MR) is 281 cm³/mol. The highest BCUT2D eigenvalue weighted by Gasteiger charge is 2.19. The largest absolute Gasteiger partial charge is 0.454 e. The number of furan rings is 1. The highest BCUT2D eigenvalue weighted by Crippen LogP contribution is 2.40. The molecule has 0 bridgehead atoms. The molecule has 0 radical (unpaired) electrons. The first kappa shape index (κ1) is 38.8. The maximum Gasteiger partial charge on any atom is 0.164 e. The fraction of sp³-hybridized carbons (Fsp3) is 0. The minimum Gasteiger partial charge on any atom is -0.454 e. The number of aromatic nitrogens is 6. The zero-order valence-corrected chi connectivity index (χ0v) is 37.0. The van der Waals surface area contributed by atoms with Gasteiger partial charge in [-0.25, -0.2) is 15.0 Å². The van der Waals surface area contributed by atoms with Crippen molar-refractivity contribution in [3.63, 3.8) is 0 Å². The molecule has 0 fully saturated rings. The molecule has 0 N–H and O–H groups in total. The van der Waals surface area contributed by atoms with Gasteiger partial charge in [0.25, 0.3) is 0 Å². The molecule has 0 amide bonds. The summed E-state index contributed by atoms with van der Waals surface area (Å²) in [6.07, 6.45) is 1.83. The molecule has 0 unspecified atom stereocenters. The van der Waals surface area contributed by atoms with Gasteiger partial charge in [0.15, 0.2) is 23.1 Å². The number of benzene rings is 9. The standard InChI is InChI=1S/C62H38N6O/c1-3-14-40(15-4-1)60-64-61(41-16-5-2-6-17-41)66-62(65-60)44-18-13-19-46(34-44)68-55-24-11-8-21-48(55)51-36-43(29-33-57(51)68)42-28-32-56-50(35-42)47-20-7-10-23-54(47)67(56)45-30-26-39(27-31-45)53-37-52-49-22-9-12-25-58(49)69-59(52)38-63-53/h1-38H. The average Bonchev–Trinajstić information content (AvgIpc) is 4.08. The lowest BCUT2D eigenvalue weighted by Gasteiger charge is -2.12. The van der Waals surface area contributed by atoms with Crippen LogP contribution in [0.25, 0.3) is 133 Å². The summed E-state index contributed by atoms with van der Waals surface area (Å²) < 4.78 is 10.8. The molecule has 0 saturated heterocycles. The van der Waals surface area contributed by atoms with Crippen molar-refractivity contribution in [1.29, 1.82) is 0 Å². The number of rotatable bonds is 7. The Labute approximate surface area is 395 Å². The van der Waals surface area contributed by atoms with Crippen LogP contribution >= 0.6 is 0 Å². The van der Waals surface area contributed by atoms with Gasteiger partial charge in [0.1, 0.15) is 5.58 Å². The predicted octanol–water partition coefficient (Wildman–Crippen LogP) is 15.7. The first-order chi connectivity index (χ1) is 34.2.